The molecule has 6 heteroatoms. The van der Waals surface area contributed by atoms with Crippen LogP contribution in [0.15, 0.2) is 24.3 Å². The molecule has 1 atom stereocenters. The Morgan fingerprint density at radius 3 is 2.29 bits per heavy atom. The molecular weight excluding hydrogens is 252 g/mol. The maximum atomic E-state index is 13.1. The number of ether oxygens (including phenoxy) is 1. The average molecular weight is 268 g/mol. The third-order valence-corrected chi connectivity index (χ3v) is 2.22. The molecule has 0 bridgehead atoms. The van der Waals surface area contributed by atoms with Gasteiger partial charge in [-0.3, -0.25) is 0 Å². The standard InChI is InChI=1S/C11H15F2NO2.ClH/c1-2-16-9-5-3-8(4-6-9)10(14)11(12,13)7-15;/h3-6,10,15H,2,7,14H2,1H3;1H/t10-;/m0./s1. The maximum Gasteiger partial charge on any atom is 0.289 e. The third kappa shape index (κ3) is 4.11. The third-order valence-electron chi connectivity index (χ3n) is 2.22. The van der Waals surface area contributed by atoms with Crippen LogP contribution in [-0.2, 0) is 0 Å². The van der Waals surface area contributed by atoms with Gasteiger partial charge in [-0.05, 0) is 24.6 Å². The molecule has 0 spiro atoms. The monoisotopic (exact) mass is 267 g/mol. The van der Waals surface area contributed by atoms with Crippen LogP contribution in [0.4, 0.5) is 8.78 Å². The maximum absolute atomic E-state index is 13.1. The summed E-state index contributed by atoms with van der Waals surface area (Å²) in [5.41, 5.74) is 5.62. The quantitative estimate of drug-likeness (QED) is 0.859. The van der Waals surface area contributed by atoms with Crippen molar-refractivity contribution < 1.29 is 18.6 Å². The summed E-state index contributed by atoms with van der Waals surface area (Å²) in [6.07, 6.45) is 0. The van der Waals surface area contributed by atoms with Gasteiger partial charge in [0.05, 0.1) is 12.6 Å². The zero-order valence-electron chi connectivity index (χ0n) is 9.40. The molecule has 0 fully saturated rings. The van der Waals surface area contributed by atoms with Crippen LogP contribution in [0, 0.1) is 0 Å². The lowest BCUT2D eigenvalue weighted by atomic mass is 10.0. The summed E-state index contributed by atoms with van der Waals surface area (Å²) in [6.45, 7) is 1.08. The van der Waals surface area contributed by atoms with Gasteiger partial charge < -0.3 is 15.6 Å². The number of aliphatic hydroxyl groups is 1. The van der Waals surface area contributed by atoms with Gasteiger partial charge in [0.25, 0.3) is 5.92 Å². The first kappa shape index (κ1) is 16.1. The van der Waals surface area contributed by atoms with E-state index in [9.17, 15) is 8.78 Å². The fourth-order valence-electron chi connectivity index (χ4n) is 1.28. The minimum atomic E-state index is -3.31. The first-order valence-electron chi connectivity index (χ1n) is 4.98. The Morgan fingerprint density at radius 1 is 1.35 bits per heavy atom. The summed E-state index contributed by atoms with van der Waals surface area (Å²) in [7, 11) is 0. The van der Waals surface area contributed by atoms with Crippen molar-refractivity contribution in [2.24, 2.45) is 5.73 Å². The second kappa shape index (κ2) is 6.74. The Balaban J connectivity index is 0.00000256. The lowest BCUT2D eigenvalue weighted by Gasteiger charge is -2.21. The highest BCUT2D eigenvalue weighted by atomic mass is 35.5. The van der Waals surface area contributed by atoms with Gasteiger partial charge in [0, 0.05) is 0 Å². The number of halogens is 3. The number of nitrogens with two attached hydrogens (primary N) is 1. The molecule has 0 aliphatic heterocycles. The number of aliphatic hydroxyl groups excluding tert-OH is 1. The number of hydrogen-bond donors (Lipinski definition) is 2. The minimum absolute atomic E-state index is 0. The van der Waals surface area contributed by atoms with Gasteiger partial charge in [-0.2, -0.15) is 0 Å². The van der Waals surface area contributed by atoms with Crippen LogP contribution in [0.3, 0.4) is 0 Å². The Morgan fingerprint density at radius 2 is 1.88 bits per heavy atom. The topological polar surface area (TPSA) is 55.5 Å². The molecule has 98 valence electrons. The van der Waals surface area contributed by atoms with E-state index in [1.807, 2.05) is 6.92 Å². The summed E-state index contributed by atoms with van der Waals surface area (Å²) in [5.74, 6) is -2.71. The second-order valence-electron chi connectivity index (χ2n) is 3.40. The van der Waals surface area contributed by atoms with Gasteiger partial charge in [-0.1, -0.05) is 12.1 Å². The van der Waals surface area contributed by atoms with Gasteiger partial charge in [0.1, 0.15) is 12.4 Å². The molecule has 0 saturated carbocycles. The molecule has 0 aromatic heterocycles. The molecule has 0 unspecified atom stereocenters. The smallest absolute Gasteiger partial charge is 0.289 e. The molecular formula is C11H16ClF2NO2. The molecule has 0 amide bonds. The van der Waals surface area contributed by atoms with Gasteiger partial charge in [-0.25, -0.2) is 8.78 Å². The Labute approximate surface area is 105 Å². The molecule has 17 heavy (non-hydrogen) atoms. The normalized spacial score (nSPS) is 12.8. The number of alkyl halides is 2. The molecule has 3 N–H and O–H groups in total. The minimum Gasteiger partial charge on any atom is -0.494 e. The molecule has 1 aromatic rings. The van der Waals surface area contributed by atoms with Crippen molar-refractivity contribution in [1.82, 2.24) is 0 Å². The highest BCUT2D eigenvalue weighted by Gasteiger charge is 2.37. The Kier molecular flexibility index (Phi) is 6.37. The van der Waals surface area contributed by atoms with Gasteiger partial charge in [0.15, 0.2) is 0 Å². The summed E-state index contributed by atoms with van der Waals surface area (Å²) >= 11 is 0. The van der Waals surface area contributed by atoms with Crippen LogP contribution in [0.5, 0.6) is 5.75 Å². The predicted octanol–water partition coefficient (Wildman–Crippen LogP) is 2.13. The lowest BCUT2D eigenvalue weighted by Crippen LogP contribution is -2.36. The molecule has 0 saturated heterocycles. The second-order valence-corrected chi connectivity index (χ2v) is 3.40. The Hall–Kier alpha value is -0.910. The van der Waals surface area contributed by atoms with Crippen molar-refractivity contribution in [2.75, 3.05) is 13.2 Å². The summed E-state index contributed by atoms with van der Waals surface area (Å²) < 4.78 is 31.3. The molecule has 0 aliphatic rings. The molecule has 1 rings (SSSR count). The summed E-state index contributed by atoms with van der Waals surface area (Å²) in [5, 5.41) is 8.51. The number of hydrogen-bond acceptors (Lipinski definition) is 3. The van der Waals surface area contributed by atoms with Crippen LogP contribution in [0.2, 0.25) is 0 Å². The van der Waals surface area contributed by atoms with E-state index in [0.29, 0.717) is 12.4 Å². The fourth-order valence-corrected chi connectivity index (χ4v) is 1.28. The lowest BCUT2D eigenvalue weighted by molar-refractivity contribution is -0.0711. The summed E-state index contributed by atoms with van der Waals surface area (Å²) in [6, 6.07) is 4.59. The summed E-state index contributed by atoms with van der Waals surface area (Å²) in [4.78, 5) is 0. The average Bonchev–Trinajstić information content (AvgIpc) is 2.29. The molecule has 0 aliphatic carbocycles. The van der Waals surface area contributed by atoms with Crippen LogP contribution in [0.1, 0.15) is 18.5 Å². The van der Waals surface area contributed by atoms with Crippen LogP contribution in [-0.4, -0.2) is 24.2 Å². The van der Waals surface area contributed by atoms with E-state index in [2.05, 4.69) is 0 Å². The van der Waals surface area contributed by atoms with Crippen molar-refractivity contribution >= 4 is 12.4 Å². The van der Waals surface area contributed by atoms with Crippen molar-refractivity contribution in [3.8, 4) is 5.75 Å². The van der Waals surface area contributed by atoms with Crippen LogP contribution in [0.25, 0.3) is 0 Å². The molecule has 0 heterocycles. The Bertz CT molecular complexity index is 333. The van der Waals surface area contributed by atoms with E-state index in [0.717, 1.165) is 0 Å². The molecule has 0 radical (unpaired) electrons. The first-order chi connectivity index (χ1) is 7.51. The highest BCUT2D eigenvalue weighted by Crippen LogP contribution is 2.29. The SMILES string of the molecule is CCOc1ccc([C@H](N)C(F)(F)CO)cc1.Cl. The van der Waals surface area contributed by atoms with E-state index in [-0.39, 0.29) is 18.0 Å². The van der Waals surface area contributed by atoms with E-state index in [1.165, 1.54) is 12.1 Å². The zero-order valence-corrected chi connectivity index (χ0v) is 10.2. The van der Waals surface area contributed by atoms with E-state index >= 15 is 0 Å². The highest BCUT2D eigenvalue weighted by molar-refractivity contribution is 5.85. The number of rotatable bonds is 5. The van der Waals surface area contributed by atoms with Gasteiger partial charge in [-0.15, -0.1) is 12.4 Å². The van der Waals surface area contributed by atoms with E-state index in [4.69, 9.17) is 15.6 Å². The van der Waals surface area contributed by atoms with E-state index in [1.54, 1.807) is 12.1 Å². The first-order valence-corrected chi connectivity index (χ1v) is 4.98. The molecule has 3 nitrogen and oxygen atoms in total. The van der Waals surface area contributed by atoms with E-state index < -0.39 is 18.6 Å². The van der Waals surface area contributed by atoms with Crippen molar-refractivity contribution in [1.29, 1.82) is 0 Å². The molecule has 1 aromatic carbocycles. The van der Waals surface area contributed by atoms with Crippen LogP contribution < -0.4 is 10.5 Å². The largest absolute Gasteiger partial charge is 0.494 e. The van der Waals surface area contributed by atoms with Crippen LogP contribution >= 0.6 is 12.4 Å². The van der Waals surface area contributed by atoms with Crippen molar-refractivity contribution in [3.05, 3.63) is 29.8 Å². The van der Waals surface area contributed by atoms with Gasteiger partial charge >= 0.3 is 0 Å². The predicted molar refractivity (Wildman–Crippen MR) is 63.8 cm³/mol. The van der Waals surface area contributed by atoms with Gasteiger partial charge in [0.2, 0.25) is 0 Å². The van der Waals surface area contributed by atoms with Crippen molar-refractivity contribution in [2.45, 2.75) is 18.9 Å². The zero-order chi connectivity index (χ0) is 12.2. The fraction of sp³-hybridized carbons (Fsp3) is 0.455. The van der Waals surface area contributed by atoms with Crippen molar-refractivity contribution in [3.63, 3.8) is 0 Å². The number of benzene rings is 1.